The molecule has 0 aliphatic rings. The van der Waals surface area contributed by atoms with E-state index in [4.69, 9.17) is 9.84 Å². The lowest BCUT2D eigenvalue weighted by atomic mass is 10.1. The monoisotopic (exact) mass is 492 g/mol. The fourth-order valence-corrected chi connectivity index (χ4v) is 3.89. The van der Waals surface area contributed by atoms with E-state index in [2.05, 4.69) is 10.3 Å². The van der Waals surface area contributed by atoms with Crippen LogP contribution in [0.25, 0.3) is 16.9 Å². The summed E-state index contributed by atoms with van der Waals surface area (Å²) in [5, 5.41) is 18.0. The van der Waals surface area contributed by atoms with Gasteiger partial charge < -0.3 is 15.2 Å². The van der Waals surface area contributed by atoms with Crippen LogP contribution in [0, 0.1) is 20.8 Å². The number of anilines is 2. The van der Waals surface area contributed by atoms with Crippen molar-refractivity contribution in [3.8, 4) is 22.7 Å². The zero-order valence-corrected chi connectivity index (χ0v) is 21.2. The number of nitrogens with zero attached hydrogens (tertiary/aromatic N) is 3. The third-order valence-electron chi connectivity index (χ3n) is 5.37. The highest BCUT2D eigenvalue weighted by atomic mass is 35.5. The summed E-state index contributed by atoms with van der Waals surface area (Å²) in [7, 11) is 0. The van der Waals surface area contributed by atoms with Crippen LogP contribution in [0.4, 0.5) is 11.5 Å². The van der Waals surface area contributed by atoms with E-state index < -0.39 is 5.97 Å². The van der Waals surface area contributed by atoms with Crippen LogP contribution in [0.1, 0.15) is 40.9 Å². The minimum absolute atomic E-state index is 0. The molecule has 0 saturated heterocycles. The number of carbonyl (C=O) groups is 1. The Kier molecular flexibility index (Phi) is 7.82. The Morgan fingerprint density at radius 3 is 2.40 bits per heavy atom. The minimum atomic E-state index is -0.993. The predicted octanol–water partition coefficient (Wildman–Crippen LogP) is 6.51. The third kappa shape index (κ3) is 5.63. The molecule has 0 fully saturated rings. The number of nitrogens with one attached hydrogen (secondary N) is 1. The number of halogens is 1. The average molecular weight is 493 g/mol. The molecule has 2 aromatic heterocycles. The van der Waals surface area contributed by atoms with Crippen molar-refractivity contribution < 1.29 is 14.6 Å². The number of aromatic carboxylic acids is 1. The number of aryl methyl sites for hydroxylation is 3. The maximum atomic E-state index is 11.9. The van der Waals surface area contributed by atoms with Gasteiger partial charge in [-0.15, -0.1) is 12.4 Å². The Hall–Kier alpha value is -3.84. The molecule has 4 aromatic rings. The van der Waals surface area contributed by atoms with Crippen molar-refractivity contribution in [3.05, 3.63) is 83.2 Å². The summed E-state index contributed by atoms with van der Waals surface area (Å²) in [4.78, 5) is 16.2. The first-order chi connectivity index (χ1) is 16.2. The van der Waals surface area contributed by atoms with Crippen LogP contribution in [0.5, 0.6) is 5.75 Å². The van der Waals surface area contributed by atoms with Crippen LogP contribution >= 0.6 is 12.4 Å². The molecule has 0 amide bonds. The van der Waals surface area contributed by atoms with Crippen LogP contribution in [0.3, 0.4) is 0 Å². The maximum Gasteiger partial charge on any atom is 0.337 e. The molecule has 0 bridgehead atoms. The van der Waals surface area contributed by atoms with Crippen LogP contribution in [-0.2, 0) is 0 Å². The molecule has 0 spiro atoms. The van der Waals surface area contributed by atoms with Gasteiger partial charge in [0.2, 0.25) is 0 Å². The summed E-state index contributed by atoms with van der Waals surface area (Å²) >= 11 is 0. The summed E-state index contributed by atoms with van der Waals surface area (Å²) in [5.41, 5.74) is 6.00. The Balaban J connectivity index is 0.00000342. The summed E-state index contributed by atoms with van der Waals surface area (Å²) < 4.78 is 7.67. The molecule has 2 heterocycles. The van der Waals surface area contributed by atoms with E-state index in [1.807, 2.05) is 75.7 Å². The molecule has 4 rings (SSSR count). The number of hydrogen-bond donors (Lipinski definition) is 2. The lowest BCUT2D eigenvalue weighted by Gasteiger charge is -2.15. The Morgan fingerprint density at radius 2 is 1.74 bits per heavy atom. The van der Waals surface area contributed by atoms with E-state index in [-0.39, 0.29) is 24.1 Å². The highest BCUT2D eigenvalue weighted by molar-refractivity contribution is 5.95. The van der Waals surface area contributed by atoms with Gasteiger partial charge in [-0.1, -0.05) is 23.8 Å². The highest BCUT2D eigenvalue weighted by Gasteiger charge is 2.18. The van der Waals surface area contributed by atoms with Gasteiger partial charge in [-0.2, -0.15) is 5.10 Å². The first-order valence-corrected chi connectivity index (χ1v) is 11.1. The fourth-order valence-electron chi connectivity index (χ4n) is 3.89. The number of benzene rings is 2. The first-order valence-electron chi connectivity index (χ1n) is 11.1. The molecular weight excluding hydrogens is 464 g/mol. The standard InChI is InChI=1S/C27H28N4O3.ClH/c1-16(2)34-21-8-6-7-20(12-21)24-13-25(29-23-10-9-17(3)11-22(23)27(32)33)31(30-24)26-18(4)14-28-15-19(26)5;/h6-16,29H,1-5H3,(H,32,33);1H. The number of hydrogen-bond acceptors (Lipinski definition) is 5. The van der Waals surface area contributed by atoms with Crippen LogP contribution in [-0.4, -0.2) is 31.9 Å². The molecule has 0 saturated carbocycles. The maximum absolute atomic E-state index is 11.9. The van der Waals surface area contributed by atoms with Gasteiger partial charge in [0.1, 0.15) is 11.6 Å². The second-order valence-electron chi connectivity index (χ2n) is 8.62. The molecule has 2 N–H and O–H groups in total. The van der Waals surface area contributed by atoms with Crippen molar-refractivity contribution in [1.82, 2.24) is 14.8 Å². The zero-order chi connectivity index (χ0) is 24.4. The van der Waals surface area contributed by atoms with Crippen molar-refractivity contribution >= 4 is 29.9 Å². The highest BCUT2D eigenvalue weighted by Crippen LogP contribution is 2.32. The van der Waals surface area contributed by atoms with Gasteiger partial charge in [-0.25, -0.2) is 9.48 Å². The largest absolute Gasteiger partial charge is 0.491 e. The molecular formula is C27H29ClN4O3. The fraction of sp³-hybridized carbons (Fsp3) is 0.222. The number of carboxylic acids is 1. The molecule has 0 unspecified atom stereocenters. The van der Waals surface area contributed by atoms with Crippen molar-refractivity contribution in [2.75, 3.05) is 5.32 Å². The SMILES string of the molecule is Cc1ccc(Nc2cc(-c3cccc(OC(C)C)c3)nn2-c2c(C)cncc2C)c(C(=O)O)c1.Cl. The van der Waals surface area contributed by atoms with E-state index in [1.165, 1.54) is 0 Å². The summed E-state index contributed by atoms with van der Waals surface area (Å²) in [5.74, 6) is 0.417. The molecule has 8 heteroatoms. The van der Waals surface area contributed by atoms with Crippen molar-refractivity contribution in [3.63, 3.8) is 0 Å². The molecule has 2 aromatic carbocycles. The number of carboxylic acid groups (broad SMARTS) is 1. The van der Waals surface area contributed by atoms with Crippen LogP contribution in [0.15, 0.2) is 60.9 Å². The predicted molar refractivity (Wildman–Crippen MR) is 141 cm³/mol. The van der Waals surface area contributed by atoms with Gasteiger partial charge in [0.15, 0.2) is 0 Å². The van der Waals surface area contributed by atoms with Gasteiger partial charge in [0.05, 0.1) is 28.7 Å². The van der Waals surface area contributed by atoms with E-state index in [0.29, 0.717) is 11.5 Å². The van der Waals surface area contributed by atoms with Gasteiger partial charge in [-0.3, -0.25) is 4.98 Å². The molecule has 7 nitrogen and oxygen atoms in total. The number of aromatic nitrogens is 3. The molecule has 182 valence electrons. The van der Waals surface area contributed by atoms with Crippen LogP contribution < -0.4 is 10.1 Å². The quantitative estimate of drug-likeness (QED) is 0.305. The first kappa shape index (κ1) is 25.8. The van der Waals surface area contributed by atoms with Gasteiger partial charge in [0.25, 0.3) is 0 Å². The van der Waals surface area contributed by atoms with Crippen molar-refractivity contribution in [2.45, 2.75) is 40.7 Å². The summed E-state index contributed by atoms with van der Waals surface area (Å²) in [6, 6.07) is 15.0. The minimum Gasteiger partial charge on any atom is -0.491 e. The van der Waals surface area contributed by atoms with Crippen molar-refractivity contribution in [1.29, 1.82) is 0 Å². The van der Waals surface area contributed by atoms with Gasteiger partial charge >= 0.3 is 5.97 Å². The lowest BCUT2D eigenvalue weighted by Crippen LogP contribution is -2.09. The Morgan fingerprint density at radius 1 is 1.03 bits per heavy atom. The molecule has 0 aliphatic carbocycles. The topological polar surface area (TPSA) is 89.3 Å². The van der Waals surface area contributed by atoms with E-state index in [0.717, 1.165) is 39.4 Å². The average Bonchev–Trinajstić information content (AvgIpc) is 3.18. The normalized spacial score (nSPS) is 10.7. The lowest BCUT2D eigenvalue weighted by molar-refractivity contribution is 0.0698. The zero-order valence-electron chi connectivity index (χ0n) is 20.4. The van der Waals surface area contributed by atoms with Crippen LogP contribution in [0.2, 0.25) is 0 Å². The van der Waals surface area contributed by atoms with Crippen molar-refractivity contribution in [2.24, 2.45) is 0 Å². The van der Waals surface area contributed by atoms with E-state index >= 15 is 0 Å². The summed E-state index contributed by atoms with van der Waals surface area (Å²) in [6.45, 7) is 9.80. The van der Waals surface area contributed by atoms with Gasteiger partial charge in [0, 0.05) is 24.0 Å². The molecule has 35 heavy (non-hydrogen) atoms. The smallest absolute Gasteiger partial charge is 0.337 e. The Bertz CT molecular complexity index is 1340. The third-order valence-corrected chi connectivity index (χ3v) is 5.37. The molecule has 0 aliphatic heterocycles. The number of rotatable bonds is 7. The van der Waals surface area contributed by atoms with E-state index in [9.17, 15) is 9.90 Å². The number of ether oxygens (including phenoxy) is 1. The Labute approximate surface area is 211 Å². The summed E-state index contributed by atoms with van der Waals surface area (Å²) in [6.07, 6.45) is 3.64. The second kappa shape index (κ2) is 10.6. The molecule has 0 radical (unpaired) electrons. The second-order valence-corrected chi connectivity index (χ2v) is 8.62. The van der Waals surface area contributed by atoms with Gasteiger partial charge in [-0.05, 0) is 70.0 Å². The molecule has 0 atom stereocenters. The van der Waals surface area contributed by atoms with E-state index in [1.54, 1.807) is 24.5 Å². The number of pyridine rings is 1.